The summed E-state index contributed by atoms with van der Waals surface area (Å²) in [6.45, 7) is 4.10. The molecule has 0 fully saturated rings. The minimum absolute atomic E-state index is 0.408. The number of methoxy groups -OCH3 is 1. The molecule has 0 aromatic heterocycles. The van der Waals surface area contributed by atoms with Gasteiger partial charge in [0, 0.05) is 0 Å². The Hall–Kier alpha value is -2.40. The van der Waals surface area contributed by atoms with E-state index >= 15 is 0 Å². The molecule has 5 heteroatoms. The molecule has 0 aliphatic carbocycles. The first-order valence-corrected chi connectivity index (χ1v) is 7.31. The van der Waals surface area contributed by atoms with Crippen molar-refractivity contribution in [3.63, 3.8) is 0 Å². The zero-order valence-electron chi connectivity index (χ0n) is 12.9. The van der Waals surface area contributed by atoms with Crippen LogP contribution >= 0.6 is 12.2 Å². The first-order chi connectivity index (χ1) is 10.6. The number of hydrazone groups is 1. The molecule has 0 bridgehead atoms. The van der Waals surface area contributed by atoms with Crippen LogP contribution in [0.3, 0.4) is 0 Å². The van der Waals surface area contributed by atoms with Crippen molar-refractivity contribution in [1.29, 1.82) is 0 Å². The number of thiocarbonyl (C=S) groups is 1. The number of hydrogen-bond donors (Lipinski definition) is 2. The Kier molecular flexibility index (Phi) is 5.49. The molecule has 0 heterocycles. The smallest absolute Gasteiger partial charge is 0.191 e. The van der Waals surface area contributed by atoms with Crippen molar-refractivity contribution in [3.8, 4) is 5.75 Å². The number of rotatable bonds is 4. The summed E-state index contributed by atoms with van der Waals surface area (Å²) >= 11 is 5.23. The monoisotopic (exact) mass is 313 g/mol. The number of benzene rings is 2. The summed E-state index contributed by atoms with van der Waals surface area (Å²) in [7, 11) is 1.62. The molecule has 0 saturated carbocycles. The van der Waals surface area contributed by atoms with Crippen molar-refractivity contribution in [2.24, 2.45) is 5.10 Å². The highest BCUT2D eigenvalue weighted by molar-refractivity contribution is 7.80. The Morgan fingerprint density at radius 1 is 1.18 bits per heavy atom. The number of nitrogens with one attached hydrogen (secondary N) is 2. The van der Waals surface area contributed by atoms with E-state index in [1.807, 2.05) is 31.2 Å². The van der Waals surface area contributed by atoms with Gasteiger partial charge >= 0.3 is 0 Å². The van der Waals surface area contributed by atoms with Crippen molar-refractivity contribution in [3.05, 3.63) is 59.2 Å². The molecule has 0 aliphatic rings. The third-order valence-electron chi connectivity index (χ3n) is 3.16. The molecular weight excluding hydrogens is 294 g/mol. The van der Waals surface area contributed by atoms with E-state index in [2.05, 4.69) is 41.0 Å². The van der Waals surface area contributed by atoms with Crippen LogP contribution in [0.2, 0.25) is 0 Å². The quantitative estimate of drug-likeness (QED) is 0.514. The number of para-hydroxylation sites is 2. The van der Waals surface area contributed by atoms with Crippen LogP contribution in [0.5, 0.6) is 5.75 Å². The van der Waals surface area contributed by atoms with Crippen LogP contribution < -0.4 is 15.5 Å². The number of hydrogen-bond acceptors (Lipinski definition) is 3. The molecule has 0 unspecified atom stereocenters. The van der Waals surface area contributed by atoms with Gasteiger partial charge in [-0.05, 0) is 49.3 Å². The molecule has 2 aromatic rings. The number of nitrogens with zero attached hydrogens (tertiary/aromatic N) is 1. The molecule has 2 rings (SSSR count). The van der Waals surface area contributed by atoms with Gasteiger partial charge in [-0.1, -0.05) is 35.9 Å². The van der Waals surface area contributed by atoms with Crippen LogP contribution in [0.25, 0.3) is 0 Å². The summed E-state index contributed by atoms with van der Waals surface area (Å²) in [5.41, 5.74) is 7.03. The first-order valence-electron chi connectivity index (χ1n) is 6.90. The fourth-order valence-electron chi connectivity index (χ4n) is 1.96. The fourth-order valence-corrected chi connectivity index (χ4v) is 2.12. The topological polar surface area (TPSA) is 45.6 Å². The van der Waals surface area contributed by atoms with Crippen molar-refractivity contribution >= 4 is 29.2 Å². The van der Waals surface area contributed by atoms with Gasteiger partial charge in [0.25, 0.3) is 0 Å². The van der Waals surface area contributed by atoms with Crippen LogP contribution in [-0.2, 0) is 0 Å². The highest BCUT2D eigenvalue weighted by Crippen LogP contribution is 2.22. The van der Waals surface area contributed by atoms with Gasteiger partial charge < -0.3 is 10.1 Å². The largest absolute Gasteiger partial charge is 0.495 e. The third kappa shape index (κ3) is 4.30. The van der Waals surface area contributed by atoms with E-state index in [1.54, 1.807) is 13.3 Å². The Balaban J connectivity index is 1.98. The lowest BCUT2D eigenvalue weighted by molar-refractivity contribution is 0.417. The number of anilines is 1. The number of aryl methyl sites for hydroxylation is 2. The van der Waals surface area contributed by atoms with E-state index in [4.69, 9.17) is 17.0 Å². The van der Waals surface area contributed by atoms with Crippen molar-refractivity contribution < 1.29 is 4.74 Å². The predicted octanol–water partition coefficient (Wildman–Crippen LogP) is 3.63. The Morgan fingerprint density at radius 2 is 1.95 bits per heavy atom. The first kappa shape index (κ1) is 16.0. The summed E-state index contributed by atoms with van der Waals surface area (Å²) in [6, 6.07) is 13.8. The SMILES string of the molecule is COc1ccccc1NC(=S)NN=Cc1cc(C)ccc1C. The maximum Gasteiger partial charge on any atom is 0.191 e. The molecule has 114 valence electrons. The van der Waals surface area contributed by atoms with Crippen LogP contribution in [0.1, 0.15) is 16.7 Å². The molecule has 0 atom stereocenters. The molecular formula is C17H19N3OS. The summed E-state index contributed by atoms with van der Waals surface area (Å²) < 4.78 is 5.26. The van der Waals surface area contributed by atoms with Gasteiger partial charge in [-0.2, -0.15) is 5.10 Å². The molecule has 0 aliphatic heterocycles. The highest BCUT2D eigenvalue weighted by Gasteiger charge is 2.02. The molecule has 0 amide bonds. The molecule has 0 saturated heterocycles. The average molecular weight is 313 g/mol. The normalized spacial score (nSPS) is 10.5. The zero-order valence-corrected chi connectivity index (χ0v) is 13.7. The van der Waals surface area contributed by atoms with Crippen molar-refractivity contribution in [1.82, 2.24) is 5.43 Å². The second-order valence-electron chi connectivity index (χ2n) is 4.88. The second-order valence-corrected chi connectivity index (χ2v) is 5.29. The van der Waals surface area contributed by atoms with Gasteiger partial charge in [0.05, 0.1) is 19.0 Å². The predicted molar refractivity (Wildman–Crippen MR) is 95.9 cm³/mol. The fraction of sp³-hybridized carbons (Fsp3) is 0.176. The van der Waals surface area contributed by atoms with E-state index < -0.39 is 0 Å². The lowest BCUT2D eigenvalue weighted by Gasteiger charge is -2.10. The summed E-state index contributed by atoms with van der Waals surface area (Å²) in [5, 5.41) is 7.64. The van der Waals surface area contributed by atoms with Crippen molar-refractivity contribution in [2.75, 3.05) is 12.4 Å². The van der Waals surface area contributed by atoms with Crippen LogP contribution in [0.4, 0.5) is 5.69 Å². The van der Waals surface area contributed by atoms with Gasteiger partial charge in [0.1, 0.15) is 5.75 Å². The Labute approximate surface area is 136 Å². The minimum atomic E-state index is 0.408. The zero-order chi connectivity index (χ0) is 15.9. The molecule has 2 aromatic carbocycles. The Bertz CT molecular complexity index is 698. The van der Waals surface area contributed by atoms with Gasteiger partial charge in [0.2, 0.25) is 0 Å². The van der Waals surface area contributed by atoms with Gasteiger partial charge in [-0.15, -0.1) is 0 Å². The lowest BCUT2D eigenvalue weighted by atomic mass is 10.1. The molecule has 22 heavy (non-hydrogen) atoms. The molecule has 0 spiro atoms. The number of ether oxygens (including phenoxy) is 1. The van der Waals surface area contributed by atoms with Crippen LogP contribution in [0, 0.1) is 13.8 Å². The third-order valence-corrected chi connectivity index (χ3v) is 3.35. The average Bonchev–Trinajstić information content (AvgIpc) is 2.51. The van der Waals surface area contributed by atoms with E-state index in [0.29, 0.717) is 5.11 Å². The molecule has 2 N–H and O–H groups in total. The van der Waals surface area contributed by atoms with Crippen LogP contribution in [0.15, 0.2) is 47.6 Å². The van der Waals surface area contributed by atoms with Gasteiger partial charge in [0.15, 0.2) is 5.11 Å². The molecule has 0 radical (unpaired) electrons. The summed E-state index contributed by atoms with van der Waals surface area (Å²) in [5.74, 6) is 0.727. The van der Waals surface area contributed by atoms with E-state index in [9.17, 15) is 0 Å². The van der Waals surface area contributed by atoms with Crippen molar-refractivity contribution in [2.45, 2.75) is 13.8 Å². The van der Waals surface area contributed by atoms with E-state index in [1.165, 1.54) is 11.1 Å². The maximum absolute atomic E-state index is 5.26. The van der Waals surface area contributed by atoms with Crippen LogP contribution in [-0.4, -0.2) is 18.4 Å². The maximum atomic E-state index is 5.26. The van der Waals surface area contributed by atoms with Gasteiger partial charge in [-0.25, -0.2) is 0 Å². The standard InChI is InChI=1S/C17H19N3OS/c1-12-8-9-13(2)14(10-12)11-18-20-17(22)19-15-6-4-5-7-16(15)21-3/h4-11H,1-3H3,(H2,19,20,22). The van der Waals surface area contributed by atoms with E-state index in [0.717, 1.165) is 17.0 Å². The second kappa shape index (κ2) is 7.56. The van der Waals surface area contributed by atoms with Gasteiger partial charge in [-0.3, -0.25) is 5.43 Å². The van der Waals surface area contributed by atoms with E-state index in [-0.39, 0.29) is 0 Å². The lowest BCUT2D eigenvalue weighted by Crippen LogP contribution is -2.24. The molecule has 4 nitrogen and oxygen atoms in total. The summed E-state index contributed by atoms with van der Waals surface area (Å²) in [4.78, 5) is 0. The highest BCUT2D eigenvalue weighted by atomic mass is 32.1. The Morgan fingerprint density at radius 3 is 2.73 bits per heavy atom. The summed E-state index contributed by atoms with van der Waals surface area (Å²) in [6.07, 6.45) is 1.76. The minimum Gasteiger partial charge on any atom is -0.495 e.